The van der Waals surface area contributed by atoms with Gasteiger partial charge in [0.2, 0.25) is 5.95 Å². The van der Waals surface area contributed by atoms with E-state index in [1.54, 1.807) is 43.5 Å². The van der Waals surface area contributed by atoms with Crippen molar-refractivity contribution >= 4 is 17.6 Å². The standard InChI is InChI=1S/C15H14FN5O/c1-10-8-14(21-22-10)19-13-6-7-17-15(20-13)18-9-11-4-2-3-5-12(11)16/h2-8H,9H2,1H3,(H2,17,18,19,20,21). The zero-order valence-corrected chi connectivity index (χ0v) is 11.9. The topological polar surface area (TPSA) is 75.9 Å². The van der Waals surface area contributed by atoms with E-state index in [1.807, 2.05) is 0 Å². The molecule has 2 aromatic heterocycles. The molecular weight excluding hydrogens is 285 g/mol. The van der Waals surface area contributed by atoms with Crippen LogP contribution in [-0.4, -0.2) is 15.1 Å². The molecule has 3 aromatic rings. The molecule has 0 aliphatic rings. The van der Waals surface area contributed by atoms with Crippen molar-refractivity contribution in [2.45, 2.75) is 13.5 Å². The van der Waals surface area contributed by atoms with Crippen LogP contribution in [0.3, 0.4) is 0 Å². The Morgan fingerprint density at radius 3 is 2.82 bits per heavy atom. The predicted octanol–water partition coefficient (Wildman–Crippen LogP) is 3.27. The smallest absolute Gasteiger partial charge is 0.224 e. The highest BCUT2D eigenvalue weighted by atomic mass is 19.1. The fourth-order valence-electron chi connectivity index (χ4n) is 1.89. The van der Waals surface area contributed by atoms with Gasteiger partial charge in [-0.2, -0.15) is 4.98 Å². The number of nitrogens with one attached hydrogen (secondary N) is 2. The summed E-state index contributed by atoms with van der Waals surface area (Å²) in [6.45, 7) is 2.11. The molecule has 0 atom stereocenters. The van der Waals surface area contributed by atoms with Gasteiger partial charge in [0, 0.05) is 24.4 Å². The van der Waals surface area contributed by atoms with E-state index < -0.39 is 0 Å². The van der Waals surface area contributed by atoms with E-state index in [-0.39, 0.29) is 5.82 Å². The van der Waals surface area contributed by atoms with Crippen LogP contribution in [0.2, 0.25) is 0 Å². The van der Waals surface area contributed by atoms with E-state index in [4.69, 9.17) is 4.52 Å². The highest BCUT2D eigenvalue weighted by Crippen LogP contribution is 2.15. The molecule has 0 spiro atoms. The van der Waals surface area contributed by atoms with Crippen LogP contribution in [0.4, 0.5) is 22.0 Å². The summed E-state index contributed by atoms with van der Waals surface area (Å²) in [6.07, 6.45) is 1.60. The van der Waals surface area contributed by atoms with Gasteiger partial charge < -0.3 is 15.2 Å². The first-order valence-electron chi connectivity index (χ1n) is 6.71. The predicted molar refractivity (Wildman–Crippen MR) is 80.3 cm³/mol. The van der Waals surface area contributed by atoms with Crippen molar-refractivity contribution < 1.29 is 8.91 Å². The number of halogens is 1. The van der Waals surface area contributed by atoms with E-state index in [0.29, 0.717) is 35.5 Å². The van der Waals surface area contributed by atoms with Gasteiger partial charge >= 0.3 is 0 Å². The molecule has 0 radical (unpaired) electrons. The van der Waals surface area contributed by atoms with E-state index >= 15 is 0 Å². The number of hydrogen-bond donors (Lipinski definition) is 2. The van der Waals surface area contributed by atoms with Gasteiger partial charge in [-0.15, -0.1) is 0 Å². The molecule has 22 heavy (non-hydrogen) atoms. The Hall–Kier alpha value is -2.96. The number of benzene rings is 1. The number of aryl methyl sites for hydroxylation is 1. The molecule has 2 N–H and O–H groups in total. The van der Waals surface area contributed by atoms with Crippen LogP contribution in [0, 0.1) is 12.7 Å². The maximum Gasteiger partial charge on any atom is 0.224 e. The quantitative estimate of drug-likeness (QED) is 0.753. The Bertz CT molecular complexity index is 774. The second kappa shape index (κ2) is 6.21. The van der Waals surface area contributed by atoms with E-state index in [2.05, 4.69) is 25.8 Å². The number of nitrogens with zero attached hydrogens (tertiary/aromatic N) is 3. The van der Waals surface area contributed by atoms with Crippen molar-refractivity contribution in [3.05, 3.63) is 59.7 Å². The summed E-state index contributed by atoms with van der Waals surface area (Å²) in [5.41, 5.74) is 0.552. The third-order valence-electron chi connectivity index (χ3n) is 2.93. The van der Waals surface area contributed by atoms with Gasteiger partial charge in [0.25, 0.3) is 0 Å². The number of hydrogen-bond acceptors (Lipinski definition) is 6. The van der Waals surface area contributed by atoms with Crippen LogP contribution in [0.25, 0.3) is 0 Å². The van der Waals surface area contributed by atoms with Crippen LogP contribution in [0.5, 0.6) is 0 Å². The molecule has 0 amide bonds. The summed E-state index contributed by atoms with van der Waals surface area (Å²) in [5, 5.41) is 9.82. The minimum Gasteiger partial charge on any atom is -0.360 e. The molecule has 6 nitrogen and oxygen atoms in total. The first-order valence-corrected chi connectivity index (χ1v) is 6.71. The summed E-state index contributed by atoms with van der Waals surface area (Å²) >= 11 is 0. The fraction of sp³-hybridized carbons (Fsp3) is 0.133. The van der Waals surface area contributed by atoms with Gasteiger partial charge in [0.05, 0.1) is 0 Å². The summed E-state index contributed by atoms with van der Waals surface area (Å²) in [7, 11) is 0. The third kappa shape index (κ3) is 3.38. The van der Waals surface area contributed by atoms with E-state index in [1.165, 1.54) is 6.07 Å². The van der Waals surface area contributed by atoms with E-state index in [9.17, 15) is 4.39 Å². The van der Waals surface area contributed by atoms with Gasteiger partial charge in [-0.05, 0) is 19.1 Å². The van der Waals surface area contributed by atoms with E-state index in [0.717, 1.165) is 0 Å². The Morgan fingerprint density at radius 2 is 2.05 bits per heavy atom. The minimum atomic E-state index is -0.262. The lowest BCUT2D eigenvalue weighted by Crippen LogP contribution is -2.06. The molecule has 0 aliphatic carbocycles. The Labute approximate surface area is 126 Å². The van der Waals surface area contributed by atoms with Crippen molar-refractivity contribution in [1.82, 2.24) is 15.1 Å². The van der Waals surface area contributed by atoms with Crippen molar-refractivity contribution in [2.75, 3.05) is 10.6 Å². The lowest BCUT2D eigenvalue weighted by atomic mass is 10.2. The molecule has 112 valence electrons. The number of anilines is 3. The van der Waals surface area contributed by atoms with Gasteiger partial charge in [-0.3, -0.25) is 0 Å². The first kappa shape index (κ1) is 14.0. The third-order valence-corrected chi connectivity index (χ3v) is 2.93. The van der Waals surface area contributed by atoms with Crippen LogP contribution >= 0.6 is 0 Å². The molecular formula is C15H14FN5O. The second-order valence-corrected chi connectivity index (χ2v) is 4.66. The zero-order valence-electron chi connectivity index (χ0n) is 11.9. The van der Waals surface area contributed by atoms with Crippen molar-refractivity contribution in [3.8, 4) is 0 Å². The van der Waals surface area contributed by atoms with Crippen molar-refractivity contribution in [2.24, 2.45) is 0 Å². The average molecular weight is 299 g/mol. The summed E-state index contributed by atoms with van der Waals surface area (Å²) in [5.74, 6) is 1.97. The Balaban J connectivity index is 1.67. The van der Waals surface area contributed by atoms with Gasteiger partial charge in [0.15, 0.2) is 5.82 Å². The highest BCUT2D eigenvalue weighted by molar-refractivity contribution is 5.52. The normalized spacial score (nSPS) is 10.5. The molecule has 0 fully saturated rings. The molecule has 0 bridgehead atoms. The Kier molecular flexibility index (Phi) is 3.95. The second-order valence-electron chi connectivity index (χ2n) is 4.66. The van der Waals surface area contributed by atoms with Gasteiger partial charge in [-0.25, -0.2) is 9.37 Å². The number of rotatable bonds is 5. The van der Waals surface area contributed by atoms with Crippen molar-refractivity contribution in [3.63, 3.8) is 0 Å². The fourth-order valence-corrected chi connectivity index (χ4v) is 1.89. The summed E-state index contributed by atoms with van der Waals surface area (Å²) in [4.78, 5) is 8.39. The lowest BCUT2D eigenvalue weighted by molar-refractivity contribution is 0.400. The lowest BCUT2D eigenvalue weighted by Gasteiger charge is -2.07. The van der Waals surface area contributed by atoms with Gasteiger partial charge in [-0.1, -0.05) is 23.4 Å². The van der Waals surface area contributed by atoms with Crippen LogP contribution in [0.15, 0.2) is 47.1 Å². The first-order chi connectivity index (χ1) is 10.7. The molecule has 0 saturated carbocycles. The van der Waals surface area contributed by atoms with Crippen LogP contribution in [-0.2, 0) is 6.54 Å². The minimum absolute atomic E-state index is 0.262. The SMILES string of the molecule is Cc1cc(Nc2ccnc(NCc3ccccc3F)n2)no1. The summed E-state index contributed by atoms with van der Waals surface area (Å²) < 4.78 is 18.5. The molecule has 7 heteroatoms. The molecule has 0 saturated heterocycles. The zero-order chi connectivity index (χ0) is 15.4. The monoisotopic (exact) mass is 299 g/mol. The van der Waals surface area contributed by atoms with Gasteiger partial charge in [0.1, 0.15) is 17.4 Å². The average Bonchev–Trinajstić information content (AvgIpc) is 2.92. The number of aromatic nitrogens is 3. The molecule has 0 unspecified atom stereocenters. The molecule has 2 heterocycles. The molecule has 1 aromatic carbocycles. The van der Waals surface area contributed by atoms with Crippen LogP contribution < -0.4 is 10.6 Å². The maximum atomic E-state index is 13.5. The largest absolute Gasteiger partial charge is 0.360 e. The van der Waals surface area contributed by atoms with Crippen molar-refractivity contribution in [1.29, 1.82) is 0 Å². The Morgan fingerprint density at radius 1 is 1.18 bits per heavy atom. The highest BCUT2D eigenvalue weighted by Gasteiger charge is 2.05. The van der Waals surface area contributed by atoms with Crippen LogP contribution in [0.1, 0.15) is 11.3 Å². The summed E-state index contributed by atoms with van der Waals surface area (Å²) in [6, 6.07) is 10.0. The molecule has 0 aliphatic heterocycles. The maximum absolute atomic E-state index is 13.5. The molecule has 3 rings (SSSR count).